The number of carbonyl (C=O) groups excluding carboxylic acids is 1. The minimum Gasteiger partial charge on any atom is -0.364 e. The minimum absolute atomic E-state index is 0.339. The highest BCUT2D eigenvalue weighted by Crippen LogP contribution is 2.15. The molecule has 2 rings (SSSR count). The summed E-state index contributed by atoms with van der Waals surface area (Å²) >= 11 is 0. The van der Waals surface area contributed by atoms with E-state index in [1.807, 2.05) is 26.0 Å². The summed E-state index contributed by atoms with van der Waals surface area (Å²) in [5.41, 5.74) is 7.58. The molecule has 1 aromatic heterocycles. The van der Waals surface area contributed by atoms with Crippen LogP contribution in [0.3, 0.4) is 0 Å². The van der Waals surface area contributed by atoms with Crippen molar-refractivity contribution in [1.82, 2.24) is 9.78 Å². The molecule has 0 spiro atoms. The van der Waals surface area contributed by atoms with Gasteiger partial charge in [-0.15, -0.1) is 0 Å². The second-order valence-corrected chi connectivity index (χ2v) is 3.36. The van der Waals surface area contributed by atoms with E-state index >= 15 is 0 Å². The molecule has 0 bridgehead atoms. The van der Waals surface area contributed by atoms with Gasteiger partial charge in [-0.1, -0.05) is 17.6 Å². The Morgan fingerprint density at radius 1 is 1.57 bits per heavy atom. The molecule has 2 aromatic rings. The summed E-state index contributed by atoms with van der Waals surface area (Å²) in [5, 5.41) is 4.89. The first-order valence-corrected chi connectivity index (χ1v) is 4.33. The second-order valence-electron chi connectivity index (χ2n) is 3.36. The van der Waals surface area contributed by atoms with E-state index in [0.717, 1.165) is 16.4 Å². The van der Waals surface area contributed by atoms with Crippen LogP contribution in [0.25, 0.3) is 10.9 Å². The van der Waals surface area contributed by atoms with Crippen molar-refractivity contribution in [3.8, 4) is 0 Å². The van der Waals surface area contributed by atoms with Crippen LogP contribution >= 0.6 is 0 Å². The summed E-state index contributed by atoms with van der Waals surface area (Å²) in [4.78, 5) is 11.1. The van der Waals surface area contributed by atoms with Crippen molar-refractivity contribution in [1.29, 1.82) is 0 Å². The van der Waals surface area contributed by atoms with Gasteiger partial charge >= 0.3 is 0 Å². The van der Waals surface area contributed by atoms with Crippen LogP contribution < -0.4 is 11.2 Å². The molecular weight excluding hydrogens is 177 g/mol. The fourth-order valence-corrected chi connectivity index (χ4v) is 1.56. The van der Waals surface area contributed by atoms with Crippen molar-refractivity contribution in [2.75, 3.05) is 0 Å². The van der Waals surface area contributed by atoms with Crippen molar-refractivity contribution in [3.63, 3.8) is 0 Å². The van der Waals surface area contributed by atoms with Gasteiger partial charge in [0.15, 0.2) is 5.69 Å². The quantitative estimate of drug-likeness (QED) is 0.578. The summed E-state index contributed by atoms with van der Waals surface area (Å²) in [7, 11) is 3.77. The molecule has 70 valence electrons. The average Bonchev–Trinajstić information content (AvgIpc) is 2.43. The Morgan fingerprint density at radius 3 is 2.93 bits per heavy atom. The van der Waals surface area contributed by atoms with Crippen LogP contribution in [0.4, 0.5) is 0 Å². The molecule has 1 heterocycles. The first-order chi connectivity index (χ1) is 6.59. The highest BCUT2D eigenvalue weighted by Gasteiger charge is 2.12. The Hall–Kier alpha value is -1.78. The molecule has 1 aromatic carbocycles. The van der Waals surface area contributed by atoms with Crippen molar-refractivity contribution in [2.24, 2.45) is 12.8 Å². The molecule has 0 fully saturated rings. The molecule has 0 saturated heterocycles. The van der Waals surface area contributed by atoms with Gasteiger partial charge < -0.3 is 5.73 Å². The van der Waals surface area contributed by atoms with Crippen molar-refractivity contribution in [3.05, 3.63) is 23.9 Å². The zero-order valence-electron chi connectivity index (χ0n) is 8.11. The van der Waals surface area contributed by atoms with Gasteiger partial charge in [0, 0.05) is 12.4 Å². The third-order valence-corrected chi connectivity index (χ3v) is 2.24. The molecule has 0 aliphatic carbocycles. The van der Waals surface area contributed by atoms with Gasteiger partial charge in [-0.3, -0.25) is 9.48 Å². The third kappa shape index (κ3) is 1.17. The lowest BCUT2D eigenvalue weighted by Crippen LogP contribution is -2.12. The van der Waals surface area contributed by atoms with E-state index in [0.29, 0.717) is 5.69 Å². The van der Waals surface area contributed by atoms with Crippen molar-refractivity contribution < 1.29 is 4.79 Å². The summed E-state index contributed by atoms with van der Waals surface area (Å²) in [6.45, 7) is 0. The predicted octanol–water partition coefficient (Wildman–Crippen LogP) is -1.07. The molecule has 0 radical (unpaired) electrons. The van der Waals surface area contributed by atoms with E-state index in [2.05, 4.69) is 5.10 Å². The van der Waals surface area contributed by atoms with E-state index in [4.69, 9.17) is 5.73 Å². The van der Waals surface area contributed by atoms with E-state index in [1.165, 1.54) is 0 Å². The molecular formula is C9H10BN3O. The fourth-order valence-electron chi connectivity index (χ4n) is 1.56. The number of aryl methyl sites for hydroxylation is 1. The van der Waals surface area contributed by atoms with Crippen LogP contribution in [0.5, 0.6) is 0 Å². The third-order valence-electron chi connectivity index (χ3n) is 2.24. The number of primary amides is 1. The smallest absolute Gasteiger partial charge is 0.269 e. The van der Waals surface area contributed by atoms with Crippen molar-refractivity contribution in [2.45, 2.75) is 0 Å². The lowest BCUT2D eigenvalue weighted by molar-refractivity contribution is 0.0996. The number of hydrogen-bond acceptors (Lipinski definition) is 2. The first kappa shape index (κ1) is 8.81. The number of carbonyl (C=O) groups is 1. The van der Waals surface area contributed by atoms with Crippen LogP contribution in [0.15, 0.2) is 18.2 Å². The molecule has 0 aliphatic rings. The Labute approximate surface area is 82.1 Å². The summed E-state index contributed by atoms with van der Waals surface area (Å²) in [6, 6.07) is 5.83. The van der Waals surface area contributed by atoms with E-state index in [-0.39, 0.29) is 0 Å². The normalized spacial score (nSPS) is 10.6. The maximum absolute atomic E-state index is 11.1. The maximum atomic E-state index is 11.1. The molecule has 2 N–H and O–H groups in total. The number of rotatable bonds is 1. The predicted molar refractivity (Wildman–Crippen MR) is 57.4 cm³/mol. The van der Waals surface area contributed by atoms with Gasteiger partial charge in [0.25, 0.3) is 5.91 Å². The van der Waals surface area contributed by atoms with Crippen LogP contribution in [0.2, 0.25) is 0 Å². The number of nitrogens with zero attached hydrogens (tertiary/aromatic N) is 2. The molecule has 4 nitrogen and oxygen atoms in total. The lowest BCUT2D eigenvalue weighted by Gasteiger charge is -1.94. The highest BCUT2D eigenvalue weighted by molar-refractivity contribution is 6.33. The van der Waals surface area contributed by atoms with Gasteiger partial charge in [-0.25, -0.2) is 0 Å². The number of benzene rings is 1. The molecule has 0 saturated carbocycles. The van der Waals surface area contributed by atoms with E-state index in [9.17, 15) is 4.79 Å². The number of fused-ring (bicyclic) bond motifs is 1. The second kappa shape index (κ2) is 2.87. The zero-order valence-corrected chi connectivity index (χ0v) is 8.11. The molecule has 0 unspecified atom stereocenters. The maximum Gasteiger partial charge on any atom is 0.269 e. The van der Waals surface area contributed by atoms with Gasteiger partial charge in [0.1, 0.15) is 7.85 Å². The van der Waals surface area contributed by atoms with Gasteiger partial charge in [-0.05, 0) is 6.07 Å². The van der Waals surface area contributed by atoms with Gasteiger partial charge in [-0.2, -0.15) is 5.10 Å². The number of amides is 1. The van der Waals surface area contributed by atoms with Crippen LogP contribution in [0.1, 0.15) is 10.5 Å². The summed E-state index contributed by atoms with van der Waals surface area (Å²) in [5.74, 6) is -0.485. The van der Waals surface area contributed by atoms with Crippen LogP contribution in [-0.2, 0) is 7.05 Å². The van der Waals surface area contributed by atoms with Gasteiger partial charge in [0.05, 0.1) is 5.52 Å². The fraction of sp³-hybridized carbons (Fsp3) is 0.111. The summed E-state index contributed by atoms with van der Waals surface area (Å²) in [6.07, 6.45) is 0. The van der Waals surface area contributed by atoms with Crippen molar-refractivity contribution >= 4 is 30.1 Å². The molecule has 14 heavy (non-hydrogen) atoms. The SMILES string of the molecule is Bc1ccc2c(c1)c(C(N)=O)nn2C. The number of hydrogen-bond donors (Lipinski definition) is 1. The Bertz CT molecular complexity index is 518. The van der Waals surface area contributed by atoms with Crippen LogP contribution in [0, 0.1) is 0 Å². The molecule has 0 aliphatic heterocycles. The molecule has 5 heteroatoms. The topological polar surface area (TPSA) is 60.9 Å². The number of nitrogens with two attached hydrogens (primary N) is 1. The molecule has 0 atom stereocenters. The largest absolute Gasteiger partial charge is 0.364 e. The minimum atomic E-state index is -0.485. The molecule has 1 amide bonds. The standard InChI is InChI=1S/C9H10BN3O/c1-13-7-3-2-5(10)4-6(7)8(12-13)9(11)14/h2-4H,10H2,1H3,(H2,11,14). The van der Waals surface area contributed by atoms with Gasteiger partial charge in [0.2, 0.25) is 0 Å². The zero-order chi connectivity index (χ0) is 10.3. The van der Waals surface area contributed by atoms with Crippen LogP contribution in [-0.4, -0.2) is 23.5 Å². The monoisotopic (exact) mass is 187 g/mol. The Balaban J connectivity index is 2.85. The first-order valence-electron chi connectivity index (χ1n) is 4.33. The van der Waals surface area contributed by atoms with E-state index < -0.39 is 5.91 Å². The lowest BCUT2D eigenvalue weighted by atomic mass is 9.94. The van der Waals surface area contributed by atoms with E-state index in [1.54, 1.807) is 11.7 Å². The highest BCUT2D eigenvalue weighted by atomic mass is 16.1. The summed E-state index contributed by atoms with van der Waals surface area (Å²) < 4.78 is 1.66. The average molecular weight is 187 g/mol. The Morgan fingerprint density at radius 2 is 2.29 bits per heavy atom. The number of aromatic nitrogens is 2. The Kier molecular flexibility index (Phi) is 1.80.